The van der Waals surface area contributed by atoms with Gasteiger partial charge in [-0.2, -0.15) is 0 Å². The summed E-state index contributed by atoms with van der Waals surface area (Å²) in [4.78, 5) is 25.9. The molecule has 3 amide bonds. The Bertz CT molecular complexity index is 595. The van der Waals surface area contributed by atoms with E-state index in [0.717, 1.165) is 11.3 Å². The maximum atomic E-state index is 12.0. The third-order valence-corrected chi connectivity index (χ3v) is 4.14. The van der Waals surface area contributed by atoms with E-state index in [1.54, 1.807) is 7.11 Å². The quantitative estimate of drug-likeness (QED) is 0.865. The van der Waals surface area contributed by atoms with Crippen LogP contribution in [0.15, 0.2) is 24.3 Å². The lowest BCUT2D eigenvalue weighted by Gasteiger charge is -2.32. The van der Waals surface area contributed by atoms with Gasteiger partial charge in [0.1, 0.15) is 5.75 Å². The van der Waals surface area contributed by atoms with Crippen molar-refractivity contribution in [1.29, 1.82) is 0 Å². The average molecular weight is 333 g/mol. The van der Waals surface area contributed by atoms with Gasteiger partial charge in [0.15, 0.2) is 0 Å². The number of methoxy groups -OCH3 is 1. The number of amides is 3. The highest BCUT2D eigenvalue weighted by Crippen LogP contribution is 2.21. The number of hydrogen-bond acceptors (Lipinski definition) is 3. The second-order valence-electron chi connectivity index (χ2n) is 7.04. The lowest BCUT2D eigenvalue weighted by atomic mass is 10.1. The van der Waals surface area contributed by atoms with E-state index in [1.807, 2.05) is 49.9 Å². The first-order chi connectivity index (χ1) is 11.3. The number of carbonyl (C=O) groups is 2. The van der Waals surface area contributed by atoms with Gasteiger partial charge in [-0.05, 0) is 38.8 Å². The molecule has 1 unspecified atom stereocenters. The zero-order valence-electron chi connectivity index (χ0n) is 14.9. The van der Waals surface area contributed by atoms with Crippen LogP contribution in [-0.4, -0.2) is 48.6 Å². The van der Waals surface area contributed by atoms with Crippen molar-refractivity contribution in [2.24, 2.45) is 0 Å². The Morgan fingerprint density at radius 2 is 2.04 bits per heavy atom. The molecular formula is C18H27N3O3. The van der Waals surface area contributed by atoms with E-state index in [2.05, 4.69) is 10.6 Å². The van der Waals surface area contributed by atoms with Gasteiger partial charge in [-0.15, -0.1) is 0 Å². The molecule has 0 saturated carbocycles. The minimum atomic E-state index is -0.238. The fourth-order valence-electron chi connectivity index (χ4n) is 2.91. The van der Waals surface area contributed by atoms with E-state index in [0.29, 0.717) is 25.9 Å². The SMILES string of the molecule is COc1ccccc1CCNC(=O)NC1CC(=O)N(C(C)(C)C)C1. The number of hydrogen-bond donors (Lipinski definition) is 2. The monoisotopic (exact) mass is 333 g/mol. The van der Waals surface area contributed by atoms with Crippen LogP contribution in [0, 0.1) is 0 Å². The largest absolute Gasteiger partial charge is 0.496 e. The molecule has 0 bridgehead atoms. The van der Waals surface area contributed by atoms with Crippen LogP contribution in [0.2, 0.25) is 0 Å². The summed E-state index contributed by atoms with van der Waals surface area (Å²) < 4.78 is 5.29. The highest BCUT2D eigenvalue weighted by molar-refractivity contribution is 5.82. The van der Waals surface area contributed by atoms with Crippen molar-refractivity contribution in [3.05, 3.63) is 29.8 Å². The summed E-state index contributed by atoms with van der Waals surface area (Å²) in [6, 6.07) is 7.38. The molecular weight excluding hydrogens is 306 g/mol. The van der Waals surface area contributed by atoms with Gasteiger partial charge in [0, 0.05) is 25.0 Å². The van der Waals surface area contributed by atoms with Crippen molar-refractivity contribution in [2.75, 3.05) is 20.2 Å². The Kier molecular flexibility index (Phi) is 5.70. The van der Waals surface area contributed by atoms with Gasteiger partial charge >= 0.3 is 6.03 Å². The Morgan fingerprint density at radius 1 is 1.33 bits per heavy atom. The molecule has 0 spiro atoms. The third-order valence-electron chi connectivity index (χ3n) is 4.14. The number of urea groups is 1. The van der Waals surface area contributed by atoms with Crippen LogP contribution in [0.25, 0.3) is 0 Å². The number of benzene rings is 1. The highest BCUT2D eigenvalue weighted by atomic mass is 16.5. The number of carbonyl (C=O) groups excluding carboxylic acids is 2. The van der Waals surface area contributed by atoms with Gasteiger partial charge in [-0.1, -0.05) is 18.2 Å². The fourth-order valence-corrected chi connectivity index (χ4v) is 2.91. The smallest absolute Gasteiger partial charge is 0.315 e. The molecule has 2 rings (SSSR count). The number of ether oxygens (including phenoxy) is 1. The second-order valence-corrected chi connectivity index (χ2v) is 7.04. The minimum absolute atomic E-state index is 0.0850. The molecule has 1 atom stereocenters. The van der Waals surface area contributed by atoms with Crippen LogP contribution in [-0.2, 0) is 11.2 Å². The molecule has 24 heavy (non-hydrogen) atoms. The van der Waals surface area contributed by atoms with Crippen LogP contribution in [0.5, 0.6) is 5.75 Å². The first-order valence-corrected chi connectivity index (χ1v) is 8.28. The lowest BCUT2D eigenvalue weighted by molar-refractivity contribution is -0.131. The molecule has 0 radical (unpaired) electrons. The Balaban J connectivity index is 1.77. The van der Waals surface area contributed by atoms with Crippen molar-refractivity contribution in [3.8, 4) is 5.75 Å². The topological polar surface area (TPSA) is 70.7 Å². The molecule has 1 aromatic carbocycles. The van der Waals surface area contributed by atoms with Crippen LogP contribution >= 0.6 is 0 Å². The summed E-state index contributed by atoms with van der Waals surface area (Å²) in [5.74, 6) is 0.906. The molecule has 1 heterocycles. The molecule has 6 nitrogen and oxygen atoms in total. The Hall–Kier alpha value is -2.24. The van der Waals surface area contributed by atoms with Crippen molar-refractivity contribution >= 4 is 11.9 Å². The van der Waals surface area contributed by atoms with Gasteiger partial charge in [0.05, 0.1) is 13.2 Å². The highest BCUT2D eigenvalue weighted by Gasteiger charge is 2.36. The van der Waals surface area contributed by atoms with Crippen LogP contribution in [0.1, 0.15) is 32.8 Å². The fraction of sp³-hybridized carbons (Fsp3) is 0.556. The molecule has 1 aliphatic heterocycles. The average Bonchev–Trinajstić information content (AvgIpc) is 2.88. The van der Waals surface area contributed by atoms with Gasteiger partial charge in [0.2, 0.25) is 5.91 Å². The van der Waals surface area contributed by atoms with Gasteiger partial charge in [0.25, 0.3) is 0 Å². The zero-order chi connectivity index (χ0) is 17.7. The van der Waals surface area contributed by atoms with E-state index in [-0.39, 0.29) is 23.5 Å². The molecule has 1 fully saturated rings. The number of likely N-dealkylation sites (tertiary alicyclic amines) is 1. The summed E-state index contributed by atoms with van der Waals surface area (Å²) in [5.41, 5.74) is 0.837. The summed E-state index contributed by atoms with van der Waals surface area (Å²) in [7, 11) is 1.64. The molecule has 0 aromatic heterocycles. The molecule has 2 N–H and O–H groups in total. The summed E-state index contributed by atoms with van der Waals surface area (Å²) in [5, 5.41) is 5.72. The number of rotatable bonds is 5. The summed E-state index contributed by atoms with van der Waals surface area (Å²) in [6.45, 7) is 7.07. The maximum Gasteiger partial charge on any atom is 0.315 e. The first-order valence-electron chi connectivity index (χ1n) is 8.28. The molecule has 1 aromatic rings. The Morgan fingerprint density at radius 3 is 2.67 bits per heavy atom. The number of para-hydroxylation sites is 1. The maximum absolute atomic E-state index is 12.0. The minimum Gasteiger partial charge on any atom is -0.496 e. The number of nitrogens with zero attached hydrogens (tertiary/aromatic N) is 1. The predicted molar refractivity (Wildman–Crippen MR) is 93.1 cm³/mol. The molecule has 0 aliphatic carbocycles. The van der Waals surface area contributed by atoms with E-state index < -0.39 is 0 Å². The molecule has 132 valence electrons. The lowest BCUT2D eigenvalue weighted by Crippen LogP contribution is -2.46. The van der Waals surface area contributed by atoms with Crippen LogP contribution in [0.4, 0.5) is 4.79 Å². The van der Waals surface area contributed by atoms with Gasteiger partial charge < -0.3 is 20.3 Å². The second kappa shape index (κ2) is 7.55. The van der Waals surface area contributed by atoms with Crippen molar-refractivity contribution in [2.45, 2.75) is 45.2 Å². The summed E-state index contributed by atoms with van der Waals surface area (Å²) >= 11 is 0. The standard InChI is InChI=1S/C18H27N3O3/c1-18(2,3)21-12-14(11-16(21)22)20-17(23)19-10-9-13-7-5-6-8-15(13)24-4/h5-8,14H,9-12H2,1-4H3,(H2,19,20,23). The van der Waals surface area contributed by atoms with Crippen molar-refractivity contribution < 1.29 is 14.3 Å². The van der Waals surface area contributed by atoms with E-state index in [9.17, 15) is 9.59 Å². The van der Waals surface area contributed by atoms with E-state index in [4.69, 9.17) is 4.74 Å². The van der Waals surface area contributed by atoms with Crippen LogP contribution in [0.3, 0.4) is 0 Å². The number of nitrogens with one attached hydrogen (secondary N) is 2. The first kappa shape index (κ1) is 18.1. The Labute approximate surface area is 143 Å². The van der Waals surface area contributed by atoms with E-state index >= 15 is 0 Å². The molecule has 1 aliphatic rings. The van der Waals surface area contributed by atoms with Gasteiger partial charge in [-0.3, -0.25) is 4.79 Å². The molecule has 6 heteroatoms. The van der Waals surface area contributed by atoms with Crippen molar-refractivity contribution in [1.82, 2.24) is 15.5 Å². The predicted octanol–water partition coefficient (Wildman–Crippen LogP) is 1.94. The third kappa shape index (κ3) is 4.63. The van der Waals surface area contributed by atoms with E-state index in [1.165, 1.54) is 0 Å². The zero-order valence-corrected chi connectivity index (χ0v) is 14.9. The summed E-state index contributed by atoms with van der Waals surface area (Å²) in [6.07, 6.45) is 1.05. The normalized spacial score (nSPS) is 17.8. The van der Waals surface area contributed by atoms with Gasteiger partial charge in [-0.25, -0.2) is 4.79 Å². The van der Waals surface area contributed by atoms with Crippen LogP contribution < -0.4 is 15.4 Å². The van der Waals surface area contributed by atoms with Crippen molar-refractivity contribution in [3.63, 3.8) is 0 Å². The molecule has 1 saturated heterocycles.